The lowest BCUT2D eigenvalue weighted by molar-refractivity contribution is -0.683. The van der Waals surface area contributed by atoms with Crippen molar-refractivity contribution in [3.05, 3.63) is 48.5 Å². The zero-order valence-electron chi connectivity index (χ0n) is 17.5. The number of hydrogen-bond donors (Lipinski definition) is 2. The highest BCUT2D eigenvalue weighted by molar-refractivity contribution is 7.99. The summed E-state index contributed by atoms with van der Waals surface area (Å²) >= 11 is 1.45. The summed E-state index contributed by atoms with van der Waals surface area (Å²) in [5.74, 6) is 0.183. The van der Waals surface area contributed by atoms with Gasteiger partial charge in [-0.2, -0.15) is 4.31 Å². The zero-order chi connectivity index (χ0) is 22.0. The summed E-state index contributed by atoms with van der Waals surface area (Å²) in [6.45, 7) is 2.04. The van der Waals surface area contributed by atoms with Gasteiger partial charge in [0.1, 0.15) is 0 Å². The number of aromatic amines is 1. The van der Waals surface area contributed by atoms with Crippen LogP contribution in [0.4, 0.5) is 11.4 Å². The molecule has 8 nitrogen and oxygen atoms in total. The number of rotatable bonds is 6. The van der Waals surface area contributed by atoms with Gasteiger partial charge in [-0.25, -0.2) is 18.0 Å². The van der Waals surface area contributed by atoms with Gasteiger partial charge >= 0.3 is 5.16 Å². The summed E-state index contributed by atoms with van der Waals surface area (Å²) in [6, 6.07) is 15.7. The van der Waals surface area contributed by atoms with Crippen LogP contribution in [0.2, 0.25) is 0 Å². The van der Waals surface area contributed by atoms with E-state index in [9.17, 15) is 13.2 Å². The van der Waals surface area contributed by atoms with Crippen LogP contribution in [0.3, 0.4) is 0 Å². The number of H-pyrrole nitrogens is 1. The van der Waals surface area contributed by atoms with Crippen molar-refractivity contribution in [1.29, 1.82) is 0 Å². The van der Waals surface area contributed by atoms with Crippen molar-refractivity contribution in [2.24, 2.45) is 7.05 Å². The van der Waals surface area contributed by atoms with E-state index in [1.807, 2.05) is 60.1 Å². The maximum Gasteiger partial charge on any atom is 0.317 e. The number of anilines is 2. The van der Waals surface area contributed by atoms with Crippen molar-refractivity contribution >= 4 is 50.1 Å². The largest absolute Gasteiger partial charge is 0.367 e. The number of imidazole rings is 1. The first-order valence-electron chi connectivity index (χ1n) is 10.0. The van der Waals surface area contributed by atoms with E-state index in [-0.39, 0.29) is 11.7 Å². The molecule has 0 saturated carbocycles. The molecule has 0 radical (unpaired) electrons. The van der Waals surface area contributed by atoms with Crippen LogP contribution < -0.4 is 14.8 Å². The zero-order valence-corrected chi connectivity index (χ0v) is 19.2. The fourth-order valence-corrected chi connectivity index (χ4v) is 5.39. The number of carbonyl (C=O) groups excluding carboxylic acids is 1. The number of benzene rings is 2. The number of thioether (sulfide) groups is 1. The molecular weight excluding hydrogens is 434 g/mol. The van der Waals surface area contributed by atoms with Gasteiger partial charge < -0.3 is 10.2 Å². The van der Waals surface area contributed by atoms with Gasteiger partial charge in [0, 0.05) is 26.2 Å². The summed E-state index contributed by atoms with van der Waals surface area (Å²) in [5.41, 5.74) is 3.77. The predicted molar refractivity (Wildman–Crippen MR) is 124 cm³/mol. The minimum Gasteiger partial charge on any atom is -0.367 e. The molecule has 0 bridgehead atoms. The summed E-state index contributed by atoms with van der Waals surface area (Å²) in [4.78, 5) is 18.1. The summed E-state index contributed by atoms with van der Waals surface area (Å²) in [6.07, 6.45) is 1.24. The van der Waals surface area contributed by atoms with Crippen molar-refractivity contribution < 1.29 is 17.8 Å². The lowest BCUT2D eigenvalue weighted by atomic mass is 10.2. The van der Waals surface area contributed by atoms with Crippen LogP contribution in [-0.4, -0.2) is 61.8 Å². The van der Waals surface area contributed by atoms with E-state index < -0.39 is 10.0 Å². The van der Waals surface area contributed by atoms with E-state index in [0.717, 1.165) is 27.6 Å². The maximum atomic E-state index is 12.7. The van der Waals surface area contributed by atoms with Crippen molar-refractivity contribution in [2.45, 2.75) is 5.16 Å². The first-order valence-corrected chi connectivity index (χ1v) is 12.8. The Labute approximate surface area is 186 Å². The van der Waals surface area contributed by atoms with Gasteiger partial charge in [-0.3, -0.25) is 4.79 Å². The minimum atomic E-state index is -3.18. The molecule has 0 spiro atoms. The standard InChI is InChI=1S/C21H25N5O3S2/c1-24-18-9-5-3-7-16(18)23-21(24)30-15-20(27)22-17-8-4-6-10-19(17)25-11-13-26(14-12-25)31(2,28)29/h3-10H,11-15H2,1-2H3,(H,22,27)/p+1. The molecule has 1 saturated heterocycles. The van der Waals surface area contributed by atoms with Crippen LogP contribution in [0.1, 0.15) is 0 Å². The molecule has 1 aliphatic rings. The van der Waals surface area contributed by atoms with Crippen LogP contribution in [0.5, 0.6) is 0 Å². The number of fused-ring (bicyclic) bond motifs is 1. The molecular formula is C21H26N5O3S2+. The number of nitrogens with one attached hydrogen (secondary N) is 2. The Kier molecular flexibility index (Phi) is 6.22. The number of nitrogens with zero attached hydrogens (tertiary/aromatic N) is 3. The molecule has 1 fully saturated rings. The molecule has 1 amide bonds. The topological polar surface area (TPSA) is 89.4 Å². The van der Waals surface area contributed by atoms with E-state index >= 15 is 0 Å². The molecule has 0 atom stereocenters. The highest BCUT2D eigenvalue weighted by atomic mass is 32.2. The summed E-state index contributed by atoms with van der Waals surface area (Å²) < 4.78 is 27.0. The van der Waals surface area contributed by atoms with Crippen molar-refractivity contribution in [2.75, 3.05) is 48.4 Å². The van der Waals surface area contributed by atoms with Crippen LogP contribution in [0.25, 0.3) is 11.0 Å². The number of hydrogen-bond acceptors (Lipinski definition) is 5. The monoisotopic (exact) mass is 460 g/mol. The third-order valence-electron chi connectivity index (χ3n) is 5.38. The van der Waals surface area contributed by atoms with Crippen LogP contribution in [0.15, 0.2) is 53.7 Å². The normalized spacial score (nSPS) is 15.4. The van der Waals surface area contributed by atoms with E-state index in [4.69, 9.17) is 0 Å². The third-order valence-corrected chi connectivity index (χ3v) is 7.74. The number of aryl methyl sites for hydroxylation is 1. The number of aromatic nitrogens is 2. The molecule has 1 aliphatic heterocycles. The van der Waals surface area contributed by atoms with Gasteiger partial charge in [-0.1, -0.05) is 24.3 Å². The molecule has 0 aliphatic carbocycles. The Hall–Kier alpha value is -2.56. The van der Waals surface area contributed by atoms with Crippen molar-refractivity contribution in [1.82, 2.24) is 9.29 Å². The fourth-order valence-electron chi connectivity index (χ4n) is 3.75. The minimum absolute atomic E-state index is 0.0918. The van der Waals surface area contributed by atoms with Crippen molar-refractivity contribution in [3.8, 4) is 0 Å². The van der Waals surface area contributed by atoms with Gasteiger partial charge in [0.15, 0.2) is 11.0 Å². The average molecular weight is 461 g/mol. The second kappa shape index (κ2) is 8.89. The fraction of sp³-hybridized carbons (Fsp3) is 0.333. The lowest BCUT2D eigenvalue weighted by Gasteiger charge is -2.35. The highest BCUT2D eigenvalue weighted by Gasteiger charge is 2.25. The Bertz CT molecular complexity index is 1200. The number of piperazine rings is 1. The molecule has 1 aromatic heterocycles. The summed E-state index contributed by atoms with van der Waals surface area (Å²) in [5, 5.41) is 3.93. The van der Waals surface area contributed by atoms with Crippen molar-refractivity contribution in [3.63, 3.8) is 0 Å². The Morgan fingerprint density at radius 1 is 1.10 bits per heavy atom. The first-order chi connectivity index (χ1) is 14.8. The molecule has 0 unspecified atom stereocenters. The van der Waals surface area contributed by atoms with Crippen LogP contribution in [-0.2, 0) is 21.9 Å². The predicted octanol–water partition coefficient (Wildman–Crippen LogP) is 1.80. The SMILES string of the molecule is C[n+]1c(SCC(=O)Nc2ccccc2N2CCN(S(C)(=O)=O)CC2)[nH]c2ccccc21. The van der Waals surface area contributed by atoms with E-state index in [0.29, 0.717) is 26.2 Å². The molecule has 2 heterocycles. The van der Waals surface area contributed by atoms with Gasteiger partial charge in [-0.05, 0) is 36.0 Å². The lowest BCUT2D eigenvalue weighted by Crippen LogP contribution is -2.48. The van der Waals surface area contributed by atoms with E-state index in [1.165, 1.54) is 22.3 Å². The second-order valence-electron chi connectivity index (χ2n) is 7.51. The average Bonchev–Trinajstić information content (AvgIpc) is 3.08. The molecule has 164 valence electrons. The molecule has 2 aromatic carbocycles. The maximum absolute atomic E-state index is 12.7. The number of sulfonamides is 1. The number of amides is 1. The molecule has 31 heavy (non-hydrogen) atoms. The number of para-hydroxylation sites is 4. The quantitative estimate of drug-likeness (QED) is 0.433. The molecule has 2 N–H and O–H groups in total. The molecule has 10 heteroatoms. The van der Waals surface area contributed by atoms with E-state index in [1.54, 1.807) is 0 Å². The van der Waals surface area contributed by atoms with Gasteiger partial charge in [0.25, 0.3) is 0 Å². The first kappa shape index (κ1) is 21.7. The van der Waals surface area contributed by atoms with Gasteiger partial charge in [0.2, 0.25) is 15.9 Å². The molecule has 3 aromatic rings. The molecule has 4 rings (SSSR count). The summed E-state index contributed by atoms with van der Waals surface area (Å²) in [7, 11) is -1.20. The third kappa shape index (κ3) is 4.86. The highest BCUT2D eigenvalue weighted by Crippen LogP contribution is 2.27. The second-order valence-corrected chi connectivity index (χ2v) is 10.5. The van der Waals surface area contributed by atoms with Crippen LogP contribution in [0, 0.1) is 0 Å². The smallest absolute Gasteiger partial charge is 0.317 e. The van der Waals surface area contributed by atoms with Crippen LogP contribution >= 0.6 is 11.8 Å². The number of carbonyl (C=O) groups is 1. The Balaban J connectivity index is 1.40. The Morgan fingerprint density at radius 2 is 1.77 bits per heavy atom. The van der Waals surface area contributed by atoms with E-state index in [2.05, 4.69) is 15.2 Å². The van der Waals surface area contributed by atoms with Gasteiger partial charge in [0.05, 0.1) is 30.4 Å². The van der Waals surface area contributed by atoms with Gasteiger partial charge in [-0.15, -0.1) is 0 Å². The Morgan fingerprint density at radius 3 is 2.48 bits per heavy atom.